The van der Waals surface area contributed by atoms with Crippen LogP contribution in [0.2, 0.25) is 5.02 Å². The summed E-state index contributed by atoms with van der Waals surface area (Å²) in [6.45, 7) is 4.66. The summed E-state index contributed by atoms with van der Waals surface area (Å²) in [5, 5.41) is 14.6. The summed E-state index contributed by atoms with van der Waals surface area (Å²) in [4.78, 5) is 25.0. The van der Waals surface area contributed by atoms with Gasteiger partial charge in [0.05, 0.1) is 16.4 Å². The monoisotopic (exact) mass is 400 g/mol. The fourth-order valence-electron chi connectivity index (χ4n) is 2.59. The van der Waals surface area contributed by atoms with E-state index in [1.54, 1.807) is 40.8 Å². The lowest BCUT2D eigenvalue weighted by Crippen LogP contribution is -2.19. The molecule has 1 aromatic carbocycles. The van der Waals surface area contributed by atoms with E-state index in [1.807, 2.05) is 25.1 Å². The second kappa shape index (κ2) is 8.71. The lowest BCUT2D eigenvalue weighted by molar-refractivity contribution is -0.116. The molecule has 0 aliphatic rings. The van der Waals surface area contributed by atoms with Crippen LogP contribution >= 0.6 is 11.6 Å². The molecule has 3 aromatic rings. The third kappa shape index (κ3) is 4.77. The van der Waals surface area contributed by atoms with E-state index in [1.165, 1.54) is 0 Å². The number of nitrogens with zero attached hydrogens (tertiary/aromatic N) is 4. The highest BCUT2D eigenvalue weighted by Gasteiger charge is 2.19. The summed E-state index contributed by atoms with van der Waals surface area (Å²) in [5.74, 6) is -0.628. The molecule has 9 heteroatoms. The third-order valence-corrected chi connectivity index (χ3v) is 4.43. The minimum Gasteiger partial charge on any atom is -0.323 e. The third-order valence-electron chi connectivity index (χ3n) is 4.06. The van der Waals surface area contributed by atoms with Crippen molar-refractivity contribution in [3.63, 3.8) is 0 Å². The number of para-hydroxylation sites is 1. The highest BCUT2D eigenvalue weighted by Crippen LogP contribution is 2.17. The van der Waals surface area contributed by atoms with Crippen LogP contribution in [0.15, 0.2) is 42.7 Å². The average Bonchev–Trinajstić information content (AvgIpc) is 3.23. The van der Waals surface area contributed by atoms with Crippen LogP contribution in [0.5, 0.6) is 0 Å². The lowest BCUT2D eigenvalue weighted by atomic mass is 10.3. The van der Waals surface area contributed by atoms with Crippen molar-refractivity contribution in [1.82, 2.24) is 19.6 Å². The highest BCUT2D eigenvalue weighted by molar-refractivity contribution is 6.31. The molecule has 2 aromatic heterocycles. The van der Waals surface area contributed by atoms with Gasteiger partial charge >= 0.3 is 0 Å². The van der Waals surface area contributed by atoms with E-state index in [2.05, 4.69) is 20.8 Å². The number of rotatable bonds is 7. The van der Waals surface area contributed by atoms with Crippen LogP contribution in [-0.4, -0.2) is 31.4 Å². The van der Waals surface area contributed by atoms with Crippen LogP contribution in [0.1, 0.15) is 29.5 Å². The highest BCUT2D eigenvalue weighted by atomic mass is 35.5. The van der Waals surface area contributed by atoms with Gasteiger partial charge < -0.3 is 10.6 Å². The van der Waals surface area contributed by atoms with Crippen LogP contribution in [-0.2, 0) is 17.9 Å². The molecular formula is C19H21ClN6O2. The molecule has 2 amide bonds. The summed E-state index contributed by atoms with van der Waals surface area (Å²) >= 11 is 5.98. The SMILES string of the molecule is CCn1cc(NC(=O)CCn2cc(Cl)c(C)n2)c(C(=O)Nc2ccccc2)n1. The maximum absolute atomic E-state index is 12.6. The van der Waals surface area contributed by atoms with Crippen LogP contribution in [0, 0.1) is 6.92 Å². The lowest BCUT2D eigenvalue weighted by Gasteiger charge is -2.07. The van der Waals surface area contributed by atoms with Gasteiger partial charge in [-0.05, 0) is 26.0 Å². The van der Waals surface area contributed by atoms with Crippen LogP contribution < -0.4 is 10.6 Å². The minimum absolute atomic E-state index is 0.164. The first kappa shape index (κ1) is 19.6. The van der Waals surface area contributed by atoms with Gasteiger partial charge in [-0.15, -0.1) is 0 Å². The molecule has 2 heterocycles. The van der Waals surface area contributed by atoms with Crippen molar-refractivity contribution in [3.05, 3.63) is 59.1 Å². The zero-order valence-electron chi connectivity index (χ0n) is 15.6. The van der Waals surface area contributed by atoms with Gasteiger partial charge in [0.2, 0.25) is 5.91 Å². The number of anilines is 2. The molecule has 146 valence electrons. The number of aromatic nitrogens is 4. The van der Waals surface area contributed by atoms with Crippen molar-refractivity contribution < 1.29 is 9.59 Å². The van der Waals surface area contributed by atoms with E-state index in [-0.39, 0.29) is 23.9 Å². The molecule has 0 bridgehead atoms. The Morgan fingerprint density at radius 3 is 2.46 bits per heavy atom. The first-order valence-electron chi connectivity index (χ1n) is 8.89. The van der Waals surface area contributed by atoms with Crippen LogP contribution in [0.3, 0.4) is 0 Å². The van der Waals surface area contributed by atoms with Gasteiger partial charge in [0.15, 0.2) is 5.69 Å². The first-order valence-corrected chi connectivity index (χ1v) is 9.27. The van der Waals surface area contributed by atoms with Crippen LogP contribution in [0.25, 0.3) is 0 Å². The van der Waals surface area contributed by atoms with Crippen molar-refractivity contribution in [2.45, 2.75) is 33.4 Å². The molecule has 0 atom stereocenters. The Balaban J connectivity index is 1.67. The predicted molar refractivity (Wildman–Crippen MR) is 108 cm³/mol. The summed E-state index contributed by atoms with van der Waals surface area (Å²) in [7, 11) is 0. The zero-order valence-corrected chi connectivity index (χ0v) is 16.4. The molecule has 0 saturated heterocycles. The number of nitrogens with one attached hydrogen (secondary N) is 2. The predicted octanol–water partition coefficient (Wildman–Crippen LogP) is 3.34. The molecule has 0 aliphatic heterocycles. The van der Waals surface area contributed by atoms with E-state index in [4.69, 9.17) is 11.6 Å². The van der Waals surface area contributed by atoms with Crippen molar-refractivity contribution in [2.75, 3.05) is 10.6 Å². The number of carbonyl (C=O) groups excluding carboxylic acids is 2. The number of carbonyl (C=O) groups is 2. The molecule has 0 spiro atoms. The smallest absolute Gasteiger partial charge is 0.278 e. The normalized spacial score (nSPS) is 10.7. The molecule has 0 saturated carbocycles. The maximum atomic E-state index is 12.6. The van der Waals surface area contributed by atoms with E-state index < -0.39 is 0 Å². The largest absolute Gasteiger partial charge is 0.323 e. The second-order valence-electron chi connectivity index (χ2n) is 6.19. The quantitative estimate of drug-likeness (QED) is 0.636. The fourth-order valence-corrected chi connectivity index (χ4v) is 2.74. The Morgan fingerprint density at radius 2 is 1.82 bits per heavy atom. The van der Waals surface area contributed by atoms with E-state index in [9.17, 15) is 9.59 Å². The zero-order chi connectivity index (χ0) is 20.1. The fraction of sp³-hybridized carbons (Fsp3) is 0.263. The number of halogens is 1. The van der Waals surface area contributed by atoms with Gasteiger partial charge in [-0.2, -0.15) is 10.2 Å². The Bertz CT molecular complexity index is 960. The molecule has 8 nitrogen and oxygen atoms in total. The van der Waals surface area contributed by atoms with Crippen molar-refractivity contribution in [1.29, 1.82) is 0 Å². The molecule has 0 aliphatic carbocycles. The first-order chi connectivity index (χ1) is 13.5. The molecule has 0 radical (unpaired) electrons. The van der Waals surface area contributed by atoms with Crippen molar-refractivity contribution in [2.24, 2.45) is 0 Å². The Labute approximate surface area is 167 Å². The van der Waals surface area contributed by atoms with Gasteiger partial charge in [-0.25, -0.2) is 0 Å². The molecular weight excluding hydrogens is 380 g/mol. The number of benzene rings is 1. The summed E-state index contributed by atoms with van der Waals surface area (Å²) in [6, 6.07) is 9.08. The molecule has 2 N–H and O–H groups in total. The van der Waals surface area contributed by atoms with E-state index >= 15 is 0 Å². The number of amides is 2. The molecule has 28 heavy (non-hydrogen) atoms. The van der Waals surface area contributed by atoms with Gasteiger partial charge in [0.1, 0.15) is 0 Å². The molecule has 0 unspecified atom stereocenters. The topological polar surface area (TPSA) is 93.8 Å². The maximum Gasteiger partial charge on any atom is 0.278 e. The van der Waals surface area contributed by atoms with Gasteiger partial charge in [0, 0.05) is 37.6 Å². The second-order valence-corrected chi connectivity index (χ2v) is 6.60. The number of hydrogen-bond acceptors (Lipinski definition) is 4. The Kier molecular flexibility index (Phi) is 6.10. The summed E-state index contributed by atoms with van der Waals surface area (Å²) < 4.78 is 3.22. The van der Waals surface area contributed by atoms with Gasteiger partial charge in [-0.3, -0.25) is 19.0 Å². The molecule has 0 fully saturated rings. The number of aryl methyl sites for hydroxylation is 3. The van der Waals surface area contributed by atoms with E-state index in [0.717, 1.165) is 0 Å². The van der Waals surface area contributed by atoms with Crippen LogP contribution in [0.4, 0.5) is 11.4 Å². The standard InChI is InChI=1S/C19H21ClN6O2/c1-3-25-12-16(18(24-25)19(28)21-14-7-5-4-6-8-14)22-17(27)9-10-26-11-15(20)13(2)23-26/h4-8,11-12H,3,9-10H2,1-2H3,(H,21,28)(H,22,27). The van der Waals surface area contributed by atoms with Crippen molar-refractivity contribution >= 4 is 34.8 Å². The van der Waals surface area contributed by atoms with Gasteiger partial charge in [-0.1, -0.05) is 29.8 Å². The summed E-state index contributed by atoms with van der Waals surface area (Å²) in [5.41, 5.74) is 1.90. The van der Waals surface area contributed by atoms with Crippen molar-refractivity contribution in [3.8, 4) is 0 Å². The Morgan fingerprint density at radius 1 is 1.07 bits per heavy atom. The summed E-state index contributed by atoms with van der Waals surface area (Å²) in [6.07, 6.45) is 3.51. The minimum atomic E-state index is -0.386. The average molecular weight is 401 g/mol. The number of hydrogen-bond donors (Lipinski definition) is 2. The van der Waals surface area contributed by atoms with E-state index in [0.29, 0.717) is 35.2 Å². The van der Waals surface area contributed by atoms with Gasteiger partial charge in [0.25, 0.3) is 5.91 Å². The molecule has 3 rings (SSSR count). The Hall–Kier alpha value is -3.13.